The summed E-state index contributed by atoms with van der Waals surface area (Å²) in [5.41, 5.74) is 5.53. The largest absolute Gasteiger partial charge is 0.493 e. The fourth-order valence-electron chi connectivity index (χ4n) is 5.10. The number of halogens is 1. The van der Waals surface area contributed by atoms with Crippen molar-refractivity contribution in [3.63, 3.8) is 0 Å². The maximum absolute atomic E-state index is 13.3. The van der Waals surface area contributed by atoms with E-state index in [9.17, 15) is 9.59 Å². The van der Waals surface area contributed by atoms with Crippen LogP contribution in [0.15, 0.2) is 78.0 Å². The Labute approximate surface area is 268 Å². The Balaban J connectivity index is 1.22. The molecular weight excluding hydrogens is 594 g/mol. The number of carbonyl (C=O) groups is 2. The van der Waals surface area contributed by atoms with Crippen LogP contribution in [-0.2, 0) is 11.3 Å². The highest BCUT2D eigenvalue weighted by molar-refractivity contribution is 7.99. The molecule has 5 rings (SSSR count). The van der Waals surface area contributed by atoms with E-state index in [4.69, 9.17) is 16.3 Å². The second-order valence-electron chi connectivity index (χ2n) is 11.0. The number of nitrogens with zero attached hydrogens (tertiary/aromatic N) is 4. The van der Waals surface area contributed by atoms with Gasteiger partial charge in [-0.25, -0.2) is 0 Å². The van der Waals surface area contributed by atoms with Crippen LogP contribution in [0.25, 0.3) is 11.1 Å². The van der Waals surface area contributed by atoms with Crippen molar-refractivity contribution in [2.45, 2.75) is 31.2 Å². The number of hydrogen-bond acceptors (Lipinski definition) is 6. The standard InChI is InChI=1S/C34H38ClN5O3S/c1-24-29(35)11-6-13-31(24)43-18-7-14-32(41)40-17-19-44-33-28(10-5-12-30(33)40)27-21-37-39(23-27)22-25-8-4-9-26(20-25)34(42)36-15-16-38(2)3/h4-6,8-13,20-21,23H,7,14-19,22H2,1-3H3,(H,36,42). The molecule has 10 heteroatoms. The SMILES string of the molecule is Cc1c(Cl)cccc1OCCCC(=O)N1CCSc2c(-c3cnn(Cc4cccc(C(=O)NCCN(C)C)c4)c3)cccc21. The summed E-state index contributed by atoms with van der Waals surface area (Å²) in [6.45, 7) is 4.98. The molecule has 0 unspecified atom stereocenters. The molecule has 1 aliphatic rings. The molecule has 2 heterocycles. The highest BCUT2D eigenvalue weighted by Crippen LogP contribution is 2.42. The zero-order valence-corrected chi connectivity index (χ0v) is 27.0. The molecule has 0 spiro atoms. The van der Waals surface area contributed by atoms with E-state index in [1.54, 1.807) is 11.8 Å². The zero-order chi connectivity index (χ0) is 31.1. The molecule has 0 aliphatic carbocycles. The van der Waals surface area contributed by atoms with Gasteiger partial charge in [-0.05, 0) is 63.3 Å². The summed E-state index contributed by atoms with van der Waals surface area (Å²) in [6, 6.07) is 19.4. The first-order valence-electron chi connectivity index (χ1n) is 14.8. The molecule has 230 valence electrons. The number of amides is 2. The maximum atomic E-state index is 13.3. The first-order valence-corrected chi connectivity index (χ1v) is 16.2. The molecule has 1 aromatic heterocycles. The van der Waals surface area contributed by atoms with Gasteiger partial charge in [-0.3, -0.25) is 14.3 Å². The number of fused-ring (bicyclic) bond motifs is 1. The van der Waals surface area contributed by atoms with Crippen molar-refractivity contribution >= 4 is 40.9 Å². The summed E-state index contributed by atoms with van der Waals surface area (Å²) in [4.78, 5) is 30.9. The van der Waals surface area contributed by atoms with Gasteiger partial charge in [-0.1, -0.05) is 41.9 Å². The van der Waals surface area contributed by atoms with Gasteiger partial charge in [0, 0.05) is 70.2 Å². The predicted octanol–water partition coefficient (Wildman–Crippen LogP) is 6.15. The van der Waals surface area contributed by atoms with Gasteiger partial charge in [-0.15, -0.1) is 11.8 Å². The first-order chi connectivity index (χ1) is 21.3. The van der Waals surface area contributed by atoms with Crippen LogP contribution in [0.2, 0.25) is 5.02 Å². The Bertz CT molecular complexity index is 1620. The van der Waals surface area contributed by atoms with E-state index in [-0.39, 0.29) is 11.8 Å². The Hall–Kier alpha value is -3.79. The minimum Gasteiger partial charge on any atom is -0.493 e. The molecule has 0 radical (unpaired) electrons. The second kappa shape index (κ2) is 14.8. The number of aromatic nitrogens is 2. The molecule has 1 aliphatic heterocycles. The van der Waals surface area contributed by atoms with Crippen molar-refractivity contribution in [2.75, 3.05) is 51.0 Å². The monoisotopic (exact) mass is 631 g/mol. The third-order valence-electron chi connectivity index (χ3n) is 7.48. The molecule has 0 bridgehead atoms. The number of hydrogen-bond donors (Lipinski definition) is 1. The summed E-state index contributed by atoms with van der Waals surface area (Å²) in [5, 5.41) is 8.26. The molecular formula is C34H38ClN5O3S. The highest BCUT2D eigenvalue weighted by Gasteiger charge is 2.25. The van der Waals surface area contributed by atoms with E-state index in [2.05, 4.69) is 16.5 Å². The first kappa shape index (κ1) is 31.6. The molecule has 0 fully saturated rings. The summed E-state index contributed by atoms with van der Waals surface area (Å²) in [5.74, 6) is 1.59. The van der Waals surface area contributed by atoms with Crippen LogP contribution < -0.4 is 15.0 Å². The Morgan fingerprint density at radius 3 is 2.77 bits per heavy atom. The molecule has 0 saturated heterocycles. The lowest BCUT2D eigenvalue weighted by molar-refractivity contribution is -0.118. The fourth-order valence-corrected chi connectivity index (χ4v) is 6.41. The van der Waals surface area contributed by atoms with Crippen LogP contribution in [-0.4, -0.2) is 72.6 Å². The number of thioether (sulfide) groups is 1. The molecule has 2 amide bonds. The Morgan fingerprint density at radius 1 is 1.11 bits per heavy atom. The van der Waals surface area contributed by atoms with Crippen LogP contribution in [0.3, 0.4) is 0 Å². The second-order valence-corrected chi connectivity index (χ2v) is 12.6. The summed E-state index contributed by atoms with van der Waals surface area (Å²) < 4.78 is 7.78. The van der Waals surface area contributed by atoms with E-state index in [0.29, 0.717) is 49.7 Å². The smallest absolute Gasteiger partial charge is 0.251 e. The number of likely N-dealkylation sites (N-methyl/N-ethyl adjacent to an activating group) is 1. The summed E-state index contributed by atoms with van der Waals surface area (Å²) in [7, 11) is 3.96. The van der Waals surface area contributed by atoms with Crippen molar-refractivity contribution in [3.8, 4) is 16.9 Å². The minimum absolute atomic E-state index is 0.0781. The molecule has 1 N–H and O–H groups in total. The number of benzene rings is 3. The van der Waals surface area contributed by atoms with E-state index in [0.717, 1.165) is 50.9 Å². The molecule has 44 heavy (non-hydrogen) atoms. The van der Waals surface area contributed by atoms with Gasteiger partial charge in [0.15, 0.2) is 0 Å². The van der Waals surface area contributed by atoms with Crippen molar-refractivity contribution in [1.29, 1.82) is 0 Å². The maximum Gasteiger partial charge on any atom is 0.251 e. The van der Waals surface area contributed by atoms with Crippen LogP contribution in [0.1, 0.15) is 34.3 Å². The fraction of sp³-hybridized carbons (Fsp3) is 0.324. The van der Waals surface area contributed by atoms with Crippen LogP contribution in [0.5, 0.6) is 5.75 Å². The summed E-state index contributed by atoms with van der Waals surface area (Å²) in [6.07, 6.45) is 4.91. The average Bonchev–Trinajstić information content (AvgIpc) is 3.48. The molecule has 0 atom stereocenters. The minimum atomic E-state index is -0.0781. The van der Waals surface area contributed by atoms with Crippen molar-refractivity contribution in [3.05, 3.63) is 94.8 Å². The quantitative estimate of drug-likeness (QED) is 0.189. The average molecular weight is 632 g/mol. The van der Waals surface area contributed by atoms with Crippen LogP contribution in [0.4, 0.5) is 5.69 Å². The lowest BCUT2D eigenvalue weighted by Crippen LogP contribution is -2.35. The normalized spacial score (nSPS) is 12.7. The van der Waals surface area contributed by atoms with E-state index in [1.807, 2.05) is 102 Å². The van der Waals surface area contributed by atoms with Gasteiger partial charge < -0.3 is 19.9 Å². The zero-order valence-electron chi connectivity index (χ0n) is 25.4. The highest BCUT2D eigenvalue weighted by atomic mass is 35.5. The number of anilines is 1. The molecule has 3 aromatic carbocycles. The van der Waals surface area contributed by atoms with Gasteiger partial charge in [-0.2, -0.15) is 5.10 Å². The Kier molecular flexibility index (Phi) is 10.6. The third kappa shape index (κ3) is 7.83. The number of carbonyl (C=O) groups excluding carboxylic acids is 2. The van der Waals surface area contributed by atoms with Gasteiger partial charge >= 0.3 is 0 Å². The Morgan fingerprint density at radius 2 is 1.93 bits per heavy atom. The molecule has 0 saturated carbocycles. The topological polar surface area (TPSA) is 79.7 Å². The van der Waals surface area contributed by atoms with Gasteiger partial charge in [0.2, 0.25) is 5.91 Å². The van der Waals surface area contributed by atoms with Crippen molar-refractivity contribution in [2.24, 2.45) is 0 Å². The molecule has 8 nitrogen and oxygen atoms in total. The molecule has 4 aromatic rings. The van der Waals surface area contributed by atoms with E-state index < -0.39 is 0 Å². The van der Waals surface area contributed by atoms with Crippen LogP contribution in [0, 0.1) is 6.92 Å². The lowest BCUT2D eigenvalue weighted by Gasteiger charge is -2.30. The lowest BCUT2D eigenvalue weighted by atomic mass is 10.1. The predicted molar refractivity (Wildman–Crippen MR) is 178 cm³/mol. The summed E-state index contributed by atoms with van der Waals surface area (Å²) >= 11 is 7.97. The number of ether oxygens (including phenoxy) is 1. The van der Waals surface area contributed by atoms with Crippen LogP contribution >= 0.6 is 23.4 Å². The van der Waals surface area contributed by atoms with Crippen molar-refractivity contribution < 1.29 is 14.3 Å². The van der Waals surface area contributed by atoms with Gasteiger partial charge in [0.05, 0.1) is 25.0 Å². The third-order valence-corrected chi connectivity index (χ3v) is 8.99. The van der Waals surface area contributed by atoms with Crippen molar-refractivity contribution in [1.82, 2.24) is 20.0 Å². The van der Waals surface area contributed by atoms with Gasteiger partial charge in [0.25, 0.3) is 5.91 Å². The number of rotatable bonds is 12. The van der Waals surface area contributed by atoms with Gasteiger partial charge in [0.1, 0.15) is 5.75 Å². The van der Waals surface area contributed by atoms with E-state index in [1.165, 1.54) is 0 Å². The van der Waals surface area contributed by atoms with E-state index >= 15 is 0 Å². The number of nitrogens with one attached hydrogen (secondary N) is 1.